The monoisotopic (exact) mass is 423 g/mol. The van der Waals surface area contributed by atoms with E-state index in [1.807, 2.05) is 18.2 Å². The summed E-state index contributed by atoms with van der Waals surface area (Å²) in [5.74, 6) is 0.578. The van der Waals surface area contributed by atoms with Gasteiger partial charge in [0.2, 0.25) is 5.95 Å². The minimum absolute atomic E-state index is 0.520. The first kappa shape index (κ1) is 19.1. The molecule has 7 nitrogen and oxygen atoms in total. The van der Waals surface area contributed by atoms with Gasteiger partial charge in [0.25, 0.3) is 0 Å². The molecule has 29 heavy (non-hydrogen) atoms. The zero-order chi connectivity index (χ0) is 20.2. The van der Waals surface area contributed by atoms with Crippen molar-refractivity contribution in [3.63, 3.8) is 0 Å². The number of hydrogen-bond acceptors (Lipinski definition) is 6. The largest absolute Gasteiger partial charge is 0.354 e. The second kappa shape index (κ2) is 8.43. The van der Waals surface area contributed by atoms with Gasteiger partial charge < -0.3 is 5.32 Å². The Balaban J connectivity index is 1.50. The van der Waals surface area contributed by atoms with Crippen molar-refractivity contribution in [3.05, 3.63) is 70.2 Å². The second-order valence-corrected chi connectivity index (χ2v) is 7.14. The summed E-state index contributed by atoms with van der Waals surface area (Å²) in [5.41, 5.74) is 3.61. The average Bonchev–Trinajstić information content (AvgIpc) is 3.20. The highest BCUT2D eigenvalue weighted by atomic mass is 35.5. The van der Waals surface area contributed by atoms with Crippen LogP contribution in [0.25, 0.3) is 16.9 Å². The molecule has 0 radical (unpaired) electrons. The molecule has 0 bridgehead atoms. The maximum absolute atomic E-state index is 8.84. The van der Waals surface area contributed by atoms with E-state index < -0.39 is 0 Å². The number of halogens is 2. The predicted molar refractivity (Wildman–Crippen MR) is 112 cm³/mol. The SMILES string of the molecule is N#Cc1ccc(CCCNc2nc(-c3ccc(Cl)cc3Cl)cc3ncnn23)nc1. The second-order valence-electron chi connectivity index (χ2n) is 6.30. The maximum Gasteiger partial charge on any atom is 0.226 e. The minimum atomic E-state index is 0.520. The van der Waals surface area contributed by atoms with Gasteiger partial charge in [0.05, 0.1) is 16.3 Å². The van der Waals surface area contributed by atoms with E-state index in [-0.39, 0.29) is 0 Å². The van der Waals surface area contributed by atoms with Crippen LogP contribution in [-0.2, 0) is 6.42 Å². The summed E-state index contributed by atoms with van der Waals surface area (Å²) in [7, 11) is 0. The van der Waals surface area contributed by atoms with Gasteiger partial charge in [0.15, 0.2) is 5.65 Å². The normalized spacial score (nSPS) is 10.8. The molecule has 0 atom stereocenters. The number of anilines is 1. The zero-order valence-corrected chi connectivity index (χ0v) is 16.7. The molecule has 0 aliphatic heterocycles. The summed E-state index contributed by atoms with van der Waals surface area (Å²) < 4.78 is 1.65. The summed E-state index contributed by atoms with van der Waals surface area (Å²) in [5, 5.41) is 17.5. The van der Waals surface area contributed by atoms with E-state index in [2.05, 4.69) is 31.4 Å². The molecule has 1 aromatic carbocycles. The lowest BCUT2D eigenvalue weighted by molar-refractivity contribution is 0.815. The number of aryl methyl sites for hydroxylation is 1. The molecule has 0 unspecified atom stereocenters. The number of pyridine rings is 1. The van der Waals surface area contributed by atoms with Gasteiger partial charge in [-0.3, -0.25) is 4.98 Å². The molecule has 0 amide bonds. The number of rotatable bonds is 6. The summed E-state index contributed by atoms with van der Waals surface area (Å²) in [4.78, 5) is 13.2. The number of nitriles is 1. The van der Waals surface area contributed by atoms with Crippen LogP contribution in [0.2, 0.25) is 10.0 Å². The summed E-state index contributed by atoms with van der Waals surface area (Å²) in [6, 6.07) is 12.8. The highest BCUT2D eigenvalue weighted by Crippen LogP contribution is 2.30. The highest BCUT2D eigenvalue weighted by Gasteiger charge is 2.12. The first-order chi connectivity index (χ1) is 14.1. The Kier molecular flexibility index (Phi) is 5.56. The Bertz CT molecular complexity index is 1200. The molecule has 0 spiro atoms. The van der Waals surface area contributed by atoms with Crippen LogP contribution in [0, 0.1) is 11.3 Å². The van der Waals surface area contributed by atoms with Crippen molar-refractivity contribution >= 4 is 34.8 Å². The summed E-state index contributed by atoms with van der Waals surface area (Å²) in [6.07, 6.45) is 4.68. The molecular formula is C20H15Cl2N7. The van der Waals surface area contributed by atoms with Crippen LogP contribution in [0.15, 0.2) is 48.9 Å². The number of hydrogen-bond donors (Lipinski definition) is 1. The molecule has 4 aromatic rings. The molecule has 0 aliphatic rings. The fourth-order valence-corrected chi connectivity index (χ4v) is 3.39. The van der Waals surface area contributed by atoms with Crippen molar-refractivity contribution in [1.29, 1.82) is 5.26 Å². The lowest BCUT2D eigenvalue weighted by atomic mass is 10.1. The lowest BCUT2D eigenvalue weighted by Crippen LogP contribution is -2.10. The first-order valence-electron chi connectivity index (χ1n) is 8.89. The Labute approximate surface area is 177 Å². The molecule has 9 heteroatoms. The summed E-state index contributed by atoms with van der Waals surface area (Å²) in [6.45, 7) is 0.668. The van der Waals surface area contributed by atoms with Crippen LogP contribution in [0.1, 0.15) is 17.7 Å². The van der Waals surface area contributed by atoms with Gasteiger partial charge in [0.1, 0.15) is 12.4 Å². The van der Waals surface area contributed by atoms with Gasteiger partial charge in [-0.15, -0.1) is 0 Å². The van der Waals surface area contributed by atoms with E-state index in [0.29, 0.717) is 39.4 Å². The third-order valence-electron chi connectivity index (χ3n) is 4.32. The average molecular weight is 424 g/mol. The fourth-order valence-electron chi connectivity index (χ4n) is 2.89. The third kappa shape index (κ3) is 4.29. The molecule has 4 rings (SSSR count). The number of nitrogens with zero attached hydrogens (tertiary/aromatic N) is 6. The Morgan fingerprint density at radius 3 is 2.76 bits per heavy atom. The van der Waals surface area contributed by atoms with Crippen molar-refractivity contribution in [2.24, 2.45) is 0 Å². The van der Waals surface area contributed by atoms with Gasteiger partial charge in [-0.25, -0.2) is 9.97 Å². The number of aromatic nitrogens is 5. The van der Waals surface area contributed by atoms with Crippen molar-refractivity contribution in [2.75, 3.05) is 11.9 Å². The topological polar surface area (TPSA) is 91.8 Å². The quantitative estimate of drug-likeness (QED) is 0.461. The molecule has 0 saturated heterocycles. The molecule has 0 fully saturated rings. The Morgan fingerprint density at radius 1 is 1.10 bits per heavy atom. The predicted octanol–water partition coefficient (Wildman–Crippen LogP) is 4.41. The van der Waals surface area contributed by atoms with Gasteiger partial charge in [-0.1, -0.05) is 23.2 Å². The highest BCUT2D eigenvalue weighted by molar-refractivity contribution is 6.36. The van der Waals surface area contributed by atoms with Crippen LogP contribution in [0.3, 0.4) is 0 Å². The van der Waals surface area contributed by atoms with Gasteiger partial charge in [-0.2, -0.15) is 14.9 Å². The number of nitrogens with one attached hydrogen (secondary N) is 1. The van der Waals surface area contributed by atoms with Crippen LogP contribution in [0.5, 0.6) is 0 Å². The van der Waals surface area contributed by atoms with E-state index in [1.165, 1.54) is 6.33 Å². The zero-order valence-electron chi connectivity index (χ0n) is 15.2. The van der Waals surface area contributed by atoms with Crippen LogP contribution < -0.4 is 5.32 Å². The molecule has 1 N–H and O–H groups in total. The number of benzene rings is 1. The van der Waals surface area contributed by atoms with Gasteiger partial charge >= 0.3 is 0 Å². The van der Waals surface area contributed by atoms with E-state index in [0.717, 1.165) is 24.1 Å². The lowest BCUT2D eigenvalue weighted by Gasteiger charge is -2.10. The van der Waals surface area contributed by atoms with Crippen molar-refractivity contribution < 1.29 is 0 Å². The van der Waals surface area contributed by atoms with Crippen molar-refractivity contribution in [3.8, 4) is 17.3 Å². The van der Waals surface area contributed by atoms with Crippen molar-refractivity contribution in [1.82, 2.24) is 24.6 Å². The number of fused-ring (bicyclic) bond motifs is 1. The first-order valence-corrected chi connectivity index (χ1v) is 9.65. The van der Waals surface area contributed by atoms with Crippen molar-refractivity contribution in [2.45, 2.75) is 12.8 Å². The van der Waals surface area contributed by atoms with Gasteiger partial charge in [-0.05, 0) is 43.2 Å². The Morgan fingerprint density at radius 2 is 2.00 bits per heavy atom. The van der Waals surface area contributed by atoms with Crippen LogP contribution in [0.4, 0.5) is 5.95 Å². The smallest absolute Gasteiger partial charge is 0.226 e. The summed E-state index contributed by atoms with van der Waals surface area (Å²) >= 11 is 12.3. The molecule has 0 aliphatic carbocycles. The maximum atomic E-state index is 8.84. The van der Waals surface area contributed by atoms with E-state index in [9.17, 15) is 0 Å². The fraction of sp³-hybridized carbons (Fsp3) is 0.150. The van der Waals surface area contributed by atoms with E-state index >= 15 is 0 Å². The minimum Gasteiger partial charge on any atom is -0.354 e. The molecular weight excluding hydrogens is 409 g/mol. The Hall–Kier alpha value is -3.21. The molecule has 3 heterocycles. The molecule has 3 aromatic heterocycles. The van der Waals surface area contributed by atoms with Crippen LogP contribution in [-0.4, -0.2) is 31.1 Å². The molecule has 144 valence electrons. The van der Waals surface area contributed by atoms with Gasteiger partial charge in [0, 0.05) is 35.1 Å². The van der Waals surface area contributed by atoms with E-state index in [4.69, 9.17) is 28.5 Å². The van der Waals surface area contributed by atoms with E-state index in [1.54, 1.807) is 28.9 Å². The van der Waals surface area contributed by atoms with Crippen LogP contribution >= 0.6 is 23.2 Å². The molecule has 0 saturated carbocycles. The standard InChI is InChI=1S/C20H15Cl2N7/c21-14-4-6-16(17(22)8-14)18-9-19-26-12-27-29(19)20(28-18)24-7-1-2-15-5-3-13(10-23)11-25-15/h3-6,8-9,11-12H,1-2,7H2,(H,24,28). The third-order valence-corrected chi connectivity index (χ3v) is 4.87.